The number of rotatable bonds is 5. The van der Waals surface area contributed by atoms with Crippen LogP contribution in [0, 0.1) is 21.8 Å². The van der Waals surface area contributed by atoms with Crippen LogP contribution in [0.1, 0.15) is 13.8 Å². The summed E-state index contributed by atoms with van der Waals surface area (Å²) in [5, 5.41) is 10.7. The van der Waals surface area contributed by atoms with Crippen molar-refractivity contribution in [1.82, 2.24) is 4.72 Å². The van der Waals surface area contributed by atoms with Gasteiger partial charge in [0.05, 0.1) is 11.0 Å². The van der Waals surface area contributed by atoms with Crippen LogP contribution in [-0.4, -0.2) is 19.9 Å². The average molecular weight is 276 g/mol. The predicted molar refractivity (Wildman–Crippen MR) is 63.1 cm³/mol. The molecule has 0 amide bonds. The molecule has 1 aromatic carbocycles. The summed E-state index contributed by atoms with van der Waals surface area (Å²) in [6.45, 7) is 3.74. The monoisotopic (exact) mass is 276 g/mol. The van der Waals surface area contributed by atoms with E-state index in [9.17, 15) is 22.9 Å². The van der Waals surface area contributed by atoms with Crippen LogP contribution >= 0.6 is 0 Å². The number of nitro groups is 1. The number of sulfonamides is 1. The topological polar surface area (TPSA) is 89.3 Å². The average Bonchev–Trinajstić information content (AvgIpc) is 2.26. The van der Waals surface area contributed by atoms with Crippen molar-refractivity contribution >= 4 is 15.7 Å². The summed E-state index contributed by atoms with van der Waals surface area (Å²) in [6.07, 6.45) is 0. The first-order valence-electron chi connectivity index (χ1n) is 5.17. The Hall–Kier alpha value is -1.54. The molecule has 0 aromatic heterocycles. The zero-order valence-electron chi connectivity index (χ0n) is 9.88. The summed E-state index contributed by atoms with van der Waals surface area (Å²) >= 11 is 0. The van der Waals surface area contributed by atoms with Crippen LogP contribution in [0.2, 0.25) is 0 Å². The third-order valence-electron chi connectivity index (χ3n) is 2.09. The summed E-state index contributed by atoms with van der Waals surface area (Å²) < 4.78 is 38.8. The van der Waals surface area contributed by atoms with Gasteiger partial charge in [0, 0.05) is 6.54 Å². The molecule has 0 saturated carbocycles. The van der Waals surface area contributed by atoms with E-state index in [1.165, 1.54) is 0 Å². The van der Waals surface area contributed by atoms with Gasteiger partial charge in [-0.1, -0.05) is 13.8 Å². The highest BCUT2D eigenvalue weighted by Crippen LogP contribution is 2.24. The van der Waals surface area contributed by atoms with Crippen LogP contribution in [0.4, 0.5) is 10.1 Å². The molecule has 100 valence electrons. The van der Waals surface area contributed by atoms with Crippen LogP contribution in [0.3, 0.4) is 0 Å². The molecule has 0 spiro atoms. The zero-order valence-corrected chi connectivity index (χ0v) is 10.7. The van der Waals surface area contributed by atoms with Crippen molar-refractivity contribution in [2.75, 3.05) is 6.54 Å². The number of nitrogens with one attached hydrogen (secondary N) is 1. The Bertz CT molecular complexity index is 557. The fraction of sp³-hybridized carbons (Fsp3) is 0.400. The van der Waals surface area contributed by atoms with Gasteiger partial charge in [-0.3, -0.25) is 10.1 Å². The molecule has 18 heavy (non-hydrogen) atoms. The number of halogens is 1. The third kappa shape index (κ3) is 3.47. The summed E-state index contributed by atoms with van der Waals surface area (Å²) in [6, 6.07) is 2.34. The van der Waals surface area contributed by atoms with Gasteiger partial charge in [-0.15, -0.1) is 0 Å². The summed E-state index contributed by atoms with van der Waals surface area (Å²) in [5.41, 5.74) is -0.772. The molecule has 0 radical (unpaired) electrons. The first-order valence-corrected chi connectivity index (χ1v) is 6.66. The molecule has 0 fully saturated rings. The first-order chi connectivity index (χ1) is 8.24. The maximum absolute atomic E-state index is 12.9. The number of hydrogen-bond donors (Lipinski definition) is 1. The molecule has 1 N–H and O–H groups in total. The molecule has 0 atom stereocenters. The second-order valence-electron chi connectivity index (χ2n) is 4.11. The summed E-state index contributed by atoms with van der Waals surface area (Å²) in [7, 11) is -4.01. The van der Waals surface area contributed by atoms with Crippen LogP contribution in [0.15, 0.2) is 23.1 Å². The molecule has 0 heterocycles. The van der Waals surface area contributed by atoms with Crippen molar-refractivity contribution in [1.29, 1.82) is 0 Å². The Balaban J connectivity index is 3.20. The van der Waals surface area contributed by atoms with E-state index in [4.69, 9.17) is 0 Å². The van der Waals surface area contributed by atoms with Gasteiger partial charge in [0.2, 0.25) is 10.0 Å². The summed E-state index contributed by atoms with van der Waals surface area (Å²) in [4.78, 5) is 9.25. The molecule has 1 rings (SSSR count). The van der Waals surface area contributed by atoms with E-state index < -0.39 is 31.3 Å². The molecule has 0 aliphatic heterocycles. The lowest BCUT2D eigenvalue weighted by atomic mass is 10.2. The van der Waals surface area contributed by atoms with Gasteiger partial charge in [0.15, 0.2) is 4.90 Å². The molecule has 0 unspecified atom stereocenters. The van der Waals surface area contributed by atoms with E-state index in [0.717, 1.165) is 12.1 Å². The Morgan fingerprint density at radius 3 is 2.56 bits per heavy atom. The fourth-order valence-electron chi connectivity index (χ4n) is 1.21. The lowest BCUT2D eigenvalue weighted by Crippen LogP contribution is -2.28. The Kier molecular flexibility index (Phi) is 4.36. The van der Waals surface area contributed by atoms with Crippen molar-refractivity contribution in [3.8, 4) is 0 Å². The largest absolute Gasteiger partial charge is 0.292 e. The van der Waals surface area contributed by atoms with Gasteiger partial charge in [0.1, 0.15) is 5.82 Å². The third-order valence-corrected chi connectivity index (χ3v) is 3.56. The van der Waals surface area contributed by atoms with Gasteiger partial charge in [0.25, 0.3) is 5.69 Å². The lowest BCUT2D eigenvalue weighted by Gasteiger charge is -2.09. The van der Waals surface area contributed by atoms with E-state index in [1.54, 1.807) is 13.8 Å². The maximum atomic E-state index is 12.9. The molecule has 0 aliphatic rings. The van der Waals surface area contributed by atoms with E-state index in [1.807, 2.05) is 0 Å². The quantitative estimate of drug-likeness (QED) is 0.654. The predicted octanol–water partition coefficient (Wildman–Crippen LogP) is 1.67. The van der Waals surface area contributed by atoms with E-state index in [2.05, 4.69) is 4.72 Å². The SMILES string of the molecule is CC(C)CNS(=O)(=O)c1ccc(F)cc1[N+](=O)[O-]. The van der Waals surface area contributed by atoms with Crippen molar-refractivity contribution in [2.45, 2.75) is 18.7 Å². The molecular formula is C10H13FN2O4S. The van der Waals surface area contributed by atoms with Crippen LogP contribution in [0.5, 0.6) is 0 Å². The number of hydrogen-bond acceptors (Lipinski definition) is 4. The number of benzene rings is 1. The molecule has 0 bridgehead atoms. The summed E-state index contributed by atoms with van der Waals surface area (Å²) in [5.74, 6) is -0.802. The van der Waals surface area contributed by atoms with Crippen LogP contribution in [-0.2, 0) is 10.0 Å². The fourth-order valence-corrected chi connectivity index (χ4v) is 2.58. The number of nitrogens with zero attached hydrogens (tertiary/aromatic N) is 1. The van der Waals surface area contributed by atoms with Crippen molar-refractivity contribution < 1.29 is 17.7 Å². The lowest BCUT2D eigenvalue weighted by molar-refractivity contribution is -0.388. The van der Waals surface area contributed by atoms with Gasteiger partial charge in [-0.25, -0.2) is 17.5 Å². The Morgan fingerprint density at radius 1 is 1.44 bits per heavy atom. The highest BCUT2D eigenvalue weighted by Gasteiger charge is 2.26. The first kappa shape index (κ1) is 14.5. The minimum atomic E-state index is -4.01. The minimum absolute atomic E-state index is 0.0549. The zero-order chi connectivity index (χ0) is 13.9. The maximum Gasteiger partial charge on any atom is 0.292 e. The van der Waals surface area contributed by atoms with Crippen molar-refractivity contribution in [2.24, 2.45) is 5.92 Å². The van der Waals surface area contributed by atoms with Gasteiger partial charge in [-0.2, -0.15) is 0 Å². The minimum Gasteiger partial charge on any atom is -0.258 e. The standard InChI is InChI=1S/C10H13FN2O4S/c1-7(2)6-12-18(16,17)10-4-3-8(11)5-9(10)13(14)15/h3-5,7,12H,6H2,1-2H3. The smallest absolute Gasteiger partial charge is 0.258 e. The molecule has 0 saturated heterocycles. The van der Waals surface area contributed by atoms with Crippen LogP contribution in [0.25, 0.3) is 0 Å². The molecule has 6 nitrogen and oxygen atoms in total. The second kappa shape index (κ2) is 5.40. The van der Waals surface area contributed by atoms with Crippen molar-refractivity contribution in [3.63, 3.8) is 0 Å². The van der Waals surface area contributed by atoms with Gasteiger partial charge >= 0.3 is 0 Å². The van der Waals surface area contributed by atoms with E-state index in [0.29, 0.717) is 6.07 Å². The molecule has 1 aromatic rings. The van der Waals surface area contributed by atoms with Gasteiger partial charge in [-0.05, 0) is 18.1 Å². The van der Waals surface area contributed by atoms with E-state index >= 15 is 0 Å². The molecular weight excluding hydrogens is 263 g/mol. The Morgan fingerprint density at radius 2 is 2.06 bits per heavy atom. The molecule has 8 heteroatoms. The second-order valence-corrected chi connectivity index (χ2v) is 5.85. The highest BCUT2D eigenvalue weighted by atomic mass is 32.2. The molecule has 0 aliphatic carbocycles. The highest BCUT2D eigenvalue weighted by molar-refractivity contribution is 7.89. The number of nitro benzene ring substituents is 1. The van der Waals surface area contributed by atoms with Gasteiger partial charge < -0.3 is 0 Å². The van der Waals surface area contributed by atoms with E-state index in [-0.39, 0.29) is 12.5 Å². The Labute approximate surface area is 104 Å². The van der Waals surface area contributed by atoms with Crippen LogP contribution < -0.4 is 4.72 Å². The normalized spacial score (nSPS) is 11.8. The van der Waals surface area contributed by atoms with Crippen molar-refractivity contribution in [3.05, 3.63) is 34.1 Å².